The van der Waals surface area contributed by atoms with E-state index in [0.717, 1.165) is 16.6 Å². The first-order chi connectivity index (χ1) is 8.65. The summed E-state index contributed by atoms with van der Waals surface area (Å²) in [7, 11) is 1.87. The molecule has 0 bridgehead atoms. The molecule has 0 unspecified atom stereocenters. The van der Waals surface area contributed by atoms with E-state index in [9.17, 15) is 4.79 Å². The Morgan fingerprint density at radius 3 is 2.89 bits per heavy atom. The molecule has 0 atom stereocenters. The number of aromatic nitrogens is 3. The number of hydrogen-bond donors (Lipinski definition) is 1. The standard InChI is InChI=1S/C12H13BrN4O/c1-17-8-9(6-16-17)4-5-14-12(18)10-2-3-11(13)15-7-10/h2-3,6-8H,4-5H2,1H3,(H,14,18). The maximum absolute atomic E-state index is 11.8. The Bertz CT molecular complexity index is 535. The number of rotatable bonds is 4. The fraction of sp³-hybridized carbons (Fsp3) is 0.250. The van der Waals surface area contributed by atoms with Gasteiger partial charge in [0.25, 0.3) is 5.91 Å². The minimum atomic E-state index is -0.112. The molecule has 2 rings (SSSR count). The molecular weight excluding hydrogens is 296 g/mol. The Morgan fingerprint density at radius 2 is 2.28 bits per heavy atom. The number of carbonyl (C=O) groups is 1. The predicted molar refractivity (Wildman–Crippen MR) is 71.2 cm³/mol. The molecule has 1 amide bonds. The number of hydrogen-bond acceptors (Lipinski definition) is 3. The molecule has 0 saturated carbocycles. The second-order valence-corrected chi connectivity index (χ2v) is 4.71. The lowest BCUT2D eigenvalue weighted by atomic mass is 10.2. The topological polar surface area (TPSA) is 59.8 Å². The molecule has 0 saturated heterocycles. The van der Waals surface area contributed by atoms with Crippen LogP contribution in [-0.2, 0) is 13.5 Å². The molecule has 18 heavy (non-hydrogen) atoms. The lowest BCUT2D eigenvalue weighted by Crippen LogP contribution is -2.25. The van der Waals surface area contributed by atoms with E-state index < -0.39 is 0 Å². The van der Waals surface area contributed by atoms with Gasteiger partial charge in [0.15, 0.2) is 0 Å². The van der Waals surface area contributed by atoms with Crippen LogP contribution in [0, 0.1) is 0 Å². The van der Waals surface area contributed by atoms with Crippen LogP contribution in [0.1, 0.15) is 15.9 Å². The van der Waals surface area contributed by atoms with Gasteiger partial charge in [0.2, 0.25) is 0 Å². The summed E-state index contributed by atoms with van der Waals surface area (Å²) < 4.78 is 2.46. The first kappa shape index (κ1) is 12.8. The number of nitrogens with one attached hydrogen (secondary N) is 1. The lowest BCUT2D eigenvalue weighted by molar-refractivity contribution is 0.0954. The monoisotopic (exact) mass is 308 g/mol. The van der Waals surface area contributed by atoms with E-state index in [1.165, 1.54) is 0 Å². The van der Waals surface area contributed by atoms with Gasteiger partial charge in [-0.15, -0.1) is 0 Å². The van der Waals surface area contributed by atoms with Gasteiger partial charge in [-0.2, -0.15) is 5.10 Å². The molecule has 6 heteroatoms. The fourth-order valence-electron chi connectivity index (χ4n) is 1.53. The Hall–Kier alpha value is -1.69. The summed E-state index contributed by atoms with van der Waals surface area (Å²) in [6.07, 6.45) is 6.05. The van der Waals surface area contributed by atoms with Crippen molar-refractivity contribution in [1.82, 2.24) is 20.1 Å². The number of pyridine rings is 1. The van der Waals surface area contributed by atoms with Crippen molar-refractivity contribution in [2.45, 2.75) is 6.42 Å². The van der Waals surface area contributed by atoms with E-state index >= 15 is 0 Å². The third-order valence-electron chi connectivity index (χ3n) is 2.45. The molecule has 2 aromatic heterocycles. The molecule has 0 aromatic carbocycles. The van der Waals surface area contributed by atoms with E-state index in [1.54, 1.807) is 29.2 Å². The highest BCUT2D eigenvalue weighted by atomic mass is 79.9. The largest absolute Gasteiger partial charge is 0.352 e. The van der Waals surface area contributed by atoms with Crippen molar-refractivity contribution in [3.63, 3.8) is 0 Å². The molecule has 0 aliphatic rings. The maximum Gasteiger partial charge on any atom is 0.252 e. The number of aryl methyl sites for hydroxylation is 1. The third kappa shape index (κ3) is 3.40. The number of carbonyl (C=O) groups excluding carboxylic acids is 1. The third-order valence-corrected chi connectivity index (χ3v) is 2.92. The Kier molecular flexibility index (Phi) is 4.09. The normalized spacial score (nSPS) is 10.3. The average molecular weight is 309 g/mol. The molecule has 0 aliphatic carbocycles. The van der Waals surface area contributed by atoms with Crippen LogP contribution in [0.25, 0.3) is 0 Å². The molecule has 0 fully saturated rings. The van der Waals surface area contributed by atoms with E-state index in [4.69, 9.17) is 0 Å². The van der Waals surface area contributed by atoms with Crippen molar-refractivity contribution in [2.75, 3.05) is 6.54 Å². The van der Waals surface area contributed by atoms with Crippen LogP contribution in [0.15, 0.2) is 35.3 Å². The van der Waals surface area contributed by atoms with Crippen LogP contribution >= 0.6 is 15.9 Å². The van der Waals surface area contributed by atoms with E-state index in [1.807, 2.05) is 13.2 Å². The molecule has 0 aliphatic heterocycles. The smallest absolute Gasteiger partial charge is 0.252 e. The summed E-state index contributed by atoms with van der Waals surface area (Å²) >= 11 is 3.23. The van der Waals surface area contributed by atoms with Crippen molar-refractivity contribution >= 4 is 21.8 Å². The number of nitrogens with zero attached hydrogens (tertiary/aromatic N) is 3. The number of amides is 1. The molecular formula is C12H13BrN4O. The van der Waals surface area contributed by atoms with E-state index in [-0.39, 0.29) is 5.91 Å². The van der Waals surface area contributed by atoms with Crippen molar-refractivity contribution in [3.8, 4) is 0 Å². The van der Waals surface area contributed by atoms with E-state index in [2.05, 4.69) is 31.3 Å². The highest BCUT2D eigenvalue weighted by Crippen LogP contribution is 2.06. The van der Waals surface area contributed by atoms with Crippen LogP contribution in [0.3, 0.4) is 0 Å². The fourth-order valence-corrected chi connectivity index (χ4v) is 1.77. The van der Waals surface area contributed by atoms with Gasteiger partial charge in [0.1, 0.15) is 4.60 Å². The minimum Gasteiger partial charge on any atom is -0.352 e. The molecule has 2 heterocycles. The second-order valence-electron chi connectivity index (χ2n) is 3.90. The van der Waals surface area contributed by atoms with Crippen molar-refractivity contribution in [3.05, 3.63) is 46.5 Å². The lowest BCUT2D eigenvalue weighted by Gasteiger charge is -2.03. The molecule has 0 spiro atoms. The van der Waals surface area contributed by atoms with Gasteiger partial charge in [-0.25, -0.2) is 4.98 Å². The molecule has 94 valence electrons. The number of halogens is 1. The van der Waals surface area contributed by atoms with Gasteiger partial charge in [0.05, 0.1) is 11.8 Å². The summed E-state index contributed by atoms with van der Waals surface area (Å²) in [6, 6.07) is 3.48. The van der Waals surface area contributed by atoms with Crippen LogP contribution in [0.5, 0.6) is 0 Å². The summed E-state index contributed by atoms with van der Waals surface area (Å²) in [6.45, 7) is 0.584. The van der Waals surface area contributed by atoms with E-state index in [0.29, 0.717) is 12.1 Å². The molecule has 2 aromatic rings. The van der Waals surface area contributed by atoms with Gasteiger partial charge in [0, 0.05) is 26.0 Å². The van der Waals surface area contributed by atoms with Crippen molar-refractivity contribution < 1.29 is 4.79 Å². The van der Waals surface area contributed by atoms with Gasteiger partial charge in [-0.3, -0.25) is 9.48 Å². The Balaban J connectivity index is 1.83. The van der Waals surface area contributed by atoms with Crippen LogP contribution < -0.4 is 5.32 Å². The zero-order valence-corrected chi connectivity index (χ0v) is 11.5. The van der Waals surface area contributed by atoms with Gasteiger partial charge >= 0.3 is 0 Å². The van der Waals surface area contributed by atoms with Crippen molar-refractivity contribution in [2.24, 2.45) is 7.05 Å². The SMILES string of the molecule is Cn1cc(CCNC(=O)c2ccc(Br)nc2)cn1. The van der Waals surface area contributed by atoms with Gasteiger partial charge < -0.3 is 5.32 Å². The highest BCUT2D eigenvalue weighted by Gasteiger charge is 2.05. The van der Waals surface area contributed by atoms with Crippen LogP contribution in [0.4, 0.5) is 0 Å². The summed E-state index contributed by atoms with van der Waals surface area (Å²) in [5.41, 5.74) is 1.66. The first-order valence-electron chi connectivity index (χ1n) is 5.52. The Labute approximate surface area is 113 Å². The zero-order chi connectivity index (χ0) is 13.0. The molecule has 5 nitrogen and oxygen atoms in total. The maximum atomic E-state index is 11.8. The first-order valence-corrected chi connectivity index (χ1v) is 6.32. The van der Waals surface area contributed by atoms with Crippen LogP contribution in [-0.4, -0.2) is 27.2 Å². The zero-order valence-electron chi connectivity index (χ0n) is 9.93. The summed E-state index contributed by atoms with van der Waals surface area (Å²) in [5.74, 6) is -0.112. The summed E-state index contributed by atoms with van der Waals surface area (Å²) in [4.78, 5) is 15.8. The molecule has 0 radical (unpaired) electrons. The minimum absolute atomic E-state index is 0.112. The van der Waals surface area contributed by atoms with Gasteiger partial charge in [-0.1, -0.05) is 0 Å². The van der Waals surface area contributed by atoms with Crippen molar-refractivity contribution in [1.29, 1.82) is 0 Å². The quantitative estimate of drug-likeness (QED) is 0.872. The van der Waals surface area contributed by atoms with Gasteiger partial charge in [-0.05, 0) is 40.0 Å². The summed E-state index contributed by atoms with van der Waals surface area (Å²) in [5, 5.41) is 6.92. The predicted octanol–water partition coefficient (Wildman–Crippen LogP) is 1.55. The Morgan fingerprint density at radius 1 is 1.44 bits per heavy atom. The average Bonchev–Trinajstić information content (AvgIpc) is 2.76. The highest BCUT2D eigenvalue weighted by molar-refractivity contribution is 9.10. The second kappa shape index (κ2) is 5.77. The van der Waals surface area contributed by atoms with Crippen LogP contribution in [0.2, 0.25) is 0 Å². The molecule has 1 N–H and O–H groups in total.